The molecular formula is C15H15F3N8. The summed E-state index contributed by atoms with van der Waals surface area (Å²) in [7, 11) is 1.74. The van der Waals surface area contributed by atoms with Gasteiger partial charge in [0.15, 0.2) is 5.65 Å². The monoisotopic (exact) mass is 364 g/mol. The standard InChI is InChI=1S/C15H15F3N8/c1-25(12-4-11(15(16,17)18)19-7-20-12)9-2-3-26(6-9)14-10-5-23-24-13(10)21-8-22-14/h4-5,7-9H,2-3,6H2,1H3,(H,21,22,23,24). The summed E-state index contributed by atoms with van der Waals surface area (Å²) >= 11 is 0. The average molecular weight is 364 g/mol. The van der Waals surface area contributed by atoms with Gasteiger partial charge < -0.3 is 9.80 Å². The van der Waals surface area contributed by atoms with Gasteiger partial charge in [-0.2, -0.15) is 18.3 Å². The largest absolute Gasteiger partial charge is 0.433 e. The summed E-state index contributed by atoms with van der Waals surface area (Å²) in [5.74, 6) is 1.01. The molecule has 1 fully saturated rings. The highest BCUT2D eigenvalue weighted by Crippen LogP contribution is 2.31. The van der Waals surface area contributed by atoms with E-state index >= 15 is 0 Å². The van der Waals surface area contributed by atoms with Gasteiger partial charge in [-0.15, -0.1) is 0 Å². The average Bonchev–Trinajstić information content (AvgIpc) is 3.29. The molecule has 1 aliphatic rings. The van der Waals surface area contributed by atoms with Crippen molar-refractivity contribution in [2.24, 2.45) is 0 Å². The van der Waals surface area contributed by atoms with Gasteiger partial charge in [0.2, 0.25) is 0 Å². The summed E-state index contributed by atoms with van der Waals surface area (Å²) in [6.45, 7) is 1.34. The van der Waals surface area contributed by atoms with Crippen LogP contribution in [0.4, 0.5) is 24.8 Å². The Morgan fingerprint density at radius 1 is 1.19 bits per heavy atom. The van der Waals surface area contributed by atoms with E-state index in [-0.39, 0.29) is 11.9 Å². The predicted molar refractivity (Wildman–Crippen MR) is 87.7 cm³/mol. The molecule has 0 aliphatic carbocycles. The molecule has 0 amide bonds. The zero-order valence-corrected chi connectivity index (χ0v) is 13.8. The molecule has 1 saturated heterocycles. The van der Waals surface area contributed by atoms with Crippen molar-refractivity contribution in [1.82, 2.24) is 30.1 Å². The van der Waals surface area contributed by atoms with Crippen molar-refractivity contribution in [1.29, 1.82) is 0 Å². The molecule has 0 radical (unpaired) electrons. The first-order chi connectivity index (χ1) is 12.4. The van der Waals surface area contributed by atoms with Crippen molar-refractivity contribution in [2.45, 2.75) is 18.6 Å². The van der Waals surface area contributed by atoms with Gasteiger partial charge in [0, 0.05) is 32.2 Å². The number of nitrogens with one attached hydrogen (secondary N) is 1. The van der Waals surface area contributed by atoms with Crippen LogP contribution in [0, 0.1) is 0 Å². The molecule has 0 saturated carbocycles. The van der Waals surface area contributed by atoms with E-state index in [2.05, 4.69) is 35.0 Å². The Kier molecular flexibility index (Phi) is 3.85. The molecule has 4 heterocycles. The summed E-state index contributed by atoms with van der Waals surface area (Å²) in [5.41, 5.74) is -0.294. The molecule has 8 nitrogen and oxygen atoms in total. The third-order valence-electron chi connectivity index (χ3n) is 4.54. The predicted octanol–water partition coefficient (Wildman–Crippen LogP) is 1.88. The second kappa shape index (κ2) is 6.07. The second-order valence-electron chi connectivity index (χ2n) is 6.09. The Labute approximate surface area is 146 Å². The Morgan fingerprint density at radius 2 is 2.00 bits per heavy atom. The van der Waals surface area contributed by atoms with Crippen molar-refractivity contribution in [3.8, 4) is 0 Å². The molecule has 1 N–H and O–H groups in total. The molecule has 0 spiro atoms. The van der Waals surface area contributed by atoms with Crippen LogP contribution in [0.2, 0.25) is 0 Å². The lowest BCUT2D eigenvalue weighted by atomic mass is 10.2. The fourth-order valence-corrected chi connectivity index (χ4v) is 3.14. The number of aromatic amines is 1. The second-order valence-corrected chi connectivity index (χ2v) is 6.09. The number of hydrogen-bond donors (Lipinski definition) is 1. The number of likely N-dealkylation sites (N-methyl/N-ethyl adjacent to an activating group) is 1. The first kappa shape index (κ1) is 16.5. The lowest BCUT2D eigenvalue weighted by Crippen LogP contribution is -2.35. The van der Waals surface area contributed by atoms with Crippen LogP contribution >= 0.6 is 0 Å². The van der Waals surface area contributed by atoms with Gasteiger partial charge >= 0.3 is 6.18 Å². The first-order valence-electron chi connectivity index (χ1n) is 7.94. The maximum Gasteiger partial charge on any atom is 0.433 e. The van der Waals surface area contributed by atoms with E-state index in [0.717, 1.165) is 36.6 Å². The van der Waals surface area contributed by atoms with Crippen molar-refractivity contribution in [3.05, 3.63) is 30.6 Å². The van der Waals surface area contributed by atoms with Crippen LogP contribution in [0.3, 0.4) is 0 Å². The number of fused-ring (bicyclic) bond motifs is 1. The summed E-state index contributed by atoms with van der Waals surface area (Å²) in [4.78, 5) is 19.6. The Hall–Kier alpha value is -2.98. The van der Waals surface area contributed by atoms with E-state index in [9.17, 15) is 13.2 Å². The normalized spacial score (nSPS) is 17.8. The Bertz CT molecular complexity index is 924. The molecule has 1 atom stereocenters. The van der Waals surface area contributed by atoms with E-state index in [1.54, 1.807) is 18.1 Å². The van der Waals surface area contributed by atoms with Crippen LogP contribution < -0.4 is 9.80 Å². The summed E-state index contributed by atoms with van der Waals surface area (Å²) in [6.07, 6.45) is 0.356. The van der Waals surface area contributed by atoms with Crippen molar-refractivity contribution in [2.75, 3.05) is 29.9 Å². The molecule has 3 aromatic heterocycles. The topological polar surface area (TPSA) is 86.7 Å². The van der Waals surface area contributed by atoms with Crippen molar-refractivity contribution >= 4 is 22.7 Å². The zero-order chi connectivity index (χ0) is 18.3. The first-order valence-corrected chi connectivity index (χ1v) is 7.94. The summed E-state index contributed by atoms with van der Waals surface area (Å²) in [6, 6.07) is 0.977. The van der Waals surface area contributed by atoms with Gasteiger partial charge in [-0.3, -0.25) is 5.10 Å². The van der Waals surface area contributed by atoms with Crippen LogP contribution in [0.5, 0.6) is 0 Å². The quantitative estimate of drug-likeness (QED) is 0.759. The van der Waals surface area contributed by atoms with Gasteiger partial charge in [0.1, 0.15) is 30.0 Å². The van der Waals surface area contributed by atoms with Crippen LogP contribution in [0.25, 0.3) is 11.0 Å². The van der Waals surface area contributed by atoms with Gasteiger partial charge in [0.25, 0.3) is 0 Å². The van der Waals surface area contributed by atoms with Gasteiger partial charge in [-0.1, -0.05) is 0 Å². The summed E-state index contributed by atoms with van der Waals surface area (Å²) < 4.78 is 38.6. The van der Waals surface area contributed by atoms with E-state index < -0.39 is 11.9 Å². The number of halogens is 3. The molecule has 1 aliphatic heterocycles. The summed E-state index contributed by atoms with van der Waals surface area (Å²) in [5, 5.41) is 7.60. The number of alkyl halides is 3. The van der Waals surface area contributed by atoms with E-state index in [1.165, 1.54) is 6.33 Å². The van der Waals surface area contributed by atoms with E-state index in [1.807, 2.05) is 0 Å². The van der Waals surface area contributed by atoms with Crippen molar-refractivity contribution < 1.29 is 13.2 Å². The molecule has 136 valence electrons. The SMILES string of the molecule is CN(c1cc(C(F)(F)F)ncn1)C1CCN(c2ncnc3[nH]ncc23)C1. The highest BCUT2D eigenvalue weighted by molar-refractivity contribution is 5.86. The minimum Gasteiger partial charge on any atom is -0.355 e. The molecule has 1 unspecified atom stereocenters. The van der Waals surface area contributed by atoms with Gasteiger partial charge in [-0.05, 0) is 6.42 Å². The van der Waals surface area contributed by atoms with Crippen LogP contribution in [0.1, 0.15) is 12.1 Å². The van der Waals surface area contributed by atoms with E-state index in [0.29, 0.717) is 12.2 Å². The lowest BCUT2D eigenvalue weighted by molar-refractivity contribution is -0.141. The maximum absolute atomic E-state index is 12.9. The number of rotatable bonds is 3. The van der Waals surface area contributed by atoms with E-state index in [4.69, 9.17) is 0 Å². The third-order valence-corrected chi connectivity index (χ3v) is 4.54. The van der Waals surface area contributed by atoms with Crippen molar-refractivity contribution in [3.63, 3.8) is 0 Å². The maximum atomic E-state index is 12.9. The Balaban J connectivity index is 1.54. The Morgan fingerprint density at radius 3 is 2.81 bits per heavy atom. The highest BCUT2D eigenvalue weighted by atomic mass is 19.4. The minimum atomic E-state index is -4.49. The molecule has 0 bridgehead atoms. The number of aromatic nitrogens is 6. The van der Waals surface area contributed by atoms with Gasteiger partial charge in [0.05, 0.1) is 11.6 Å². The smallest absolute Gasteiger partial charge is 0.355 e. The molecule has 0 aromatic carbocycles. The highest BCUT2D eigenvalue weighted by Gasteiger charge is 2.34. The number of H-pyrrole nitrogens is 1. The third kappa shape index (κ3) is 2.89. The lowest BCUT2D eigenvalue weighted by Gasteiger charge is -2.26. The molecular weight excluding hydrogens is 349 g/mol. The fourth-order valence-electron chi connectivity index (χ4n) is 3.14. The van der Waals surface area contributed by atoms with Gasteiger partial charge in [-0.25, -0.2) is 19.9 Å². The molecule has 4 rings (SSSR count). The van der Waals surface area contributed by atoms with Crippen LogP contribution in [-0.4, -0.2) is 56.3 Å². The molecule has 3 aromatic rings. The number of anilines is 2. The minimum absolute atomic E-state index is 0.00269. The molecule has 26 heavy (non-hydrogen) atoms. The fraction of sp³-hybridized carbons (Fsp3) is 0.400. The van der Waals surface area contributed by atoms with Crippen LogP contribution in [-0.2, 0) is 6.18 Å². The molecule has 11 heteroatoms. The zero-order valence-electron chi connectivity index (χ0n) is 13.8. The number of hydrogen-bond acceptors (Lipinski definition) is 7. The van der Waals surface area contributed by atoms with Crippen LogP contribution in [0.15, 0.2) is 24.9 Å². The number of nitrogens with zero attached hydrogens (tertiary/aromatic N) is 7.